The molecule has 1 saturated heterocycles. The summed E-state index contributed by atoms with van der Waals surface area (Å²) >= 11 is 0. The smallest absolute Gasteiger partial charge is 0.300 e. The number of rotatable bonds is 4. The van der Waals surface area contributed by atoms with Crippen LogP contribution in [0.1, 0.15) is 32.9 Å². The van der Waals surface area contributed by atoms with Crippen LogP contribution in [0.2, 0.25) is 0 Å². The number of amides is 2. The van der Waals surface area contributed by atoms with Gasteiger partial charge in [-0.3, -0.25) is 14.4 Å². The van der Waals surface area contributed by atoms with Crippen LogP contribution >= 0.6 is 0 Å². The first kappa shape index (κ1) is 17.7. The molecule has 0 aliphatic carbocycles. The van der Waals surface area contributed by atoms with E-state index in [0.29, 0.717) is 18.8 Å². The van der Waals surface area contributed by atoms with E-state index in [9.17, 15) is 9.59 Å². The second-order valence-electron chi connectivity index (χ2n) is 5.55. The maximum Gasteiger partial charge on any atom is 0.300 e. The molecule has 8 heteroatoms. The van der Waals surface area contributed by atoms with Crippen LogP contribution in [0.4, 0.5) is 0 Å². The first-order valence-electron chi connectivity index (χ1n) is 7.07. The van der Waals surface area contributed by atoms with Gasteiger partial charge in [0, 0.05) is 25.2 Å². The van der Waals surface area contributed by atoms with Gasteiger partial charge in [-0.05, 0) is 12.3 Å². The molecule has 0 radical (unpaired) electrons. The molecule has 0 unspecified atom stereocenters. The van der Waals surface area contributed by atoms with Gasteiger partial charge in [-0.1, -0.05) is 13.8 Å². The fraction of sp³-hybridized carbons (Fsp3) is 0.571. The van der Waals surface area contributed by atoms with E-state index in [1.165, 1.54) is 0 Å². The summed E-state index contributed by atoms with van der Waals surface area (Å²) in [5.41, 5.74) is 0.831. The molecule has 1 aliphatic rings. The second-order valence-corrected chi connectivity index (χ2v) is 5.55. The lowest BCUT2D eigenvalue weighted by molar-refractivity contribution is -0.137. The van der Waals surface area contributed by atoms with Gasteiger partial charge in [0.05, 0.1) is 6.33 Å². The van der Waals surface area contributed by atoms with Crippen molar-refractivity contribution in [3.63, 3.8) is 0 Å². The fourth-order valence-electron chi connectivity index (χ4n) is 2.07. The first-order chi connectivity index (χ1) is 10.3. The lowest BCUT2D eigenvalue weighted by atomic mass is 9.99. The molecule has 1 fully saturated rings. The summed E-state index contributed by atoms with van der Waals surface area (Å²) in [5, 5.41) is 13.0. The maximum absolute atomic E-state index is 11.9. The van der Waals surface area contributed by atoms with E-state index in [0.717, 1.165) is 12.6 Å². The highest BCUT2D eigenvalue weighted by Crippen LogP contribution is 2.10. The minimum Gasteiger partial charge on any atom is -0.481 e. The first-order valence-corrected chi connectivity index (χ1v) is 7.07. The number of imidazole rings is 1. The van der Waals surface area contributed by atoms with Gasteiger partial charge in [0.25, 0.3) is 5.97 Å². The van der Waals surface area contributed by atoms with Crippen molar-refractivity contribution >= 4 is 17.8 Å². The van der Waals surface area contributed by atoms with Gasteiger partial charge >= 0.3 is 0 Å². The van der Waals surface area contributed by atoms with Crippen molar-refractivity contribution in [2.24, 2.45) is 5.92 Å². The zero-order chi connectivity index (χ0) is 16.7. The van der Waals surface area contributed by atoms with Crippen molar-refractivity contribution in [3.8, 4) is 0 Å². The Morgan fingerprint density at radius 3 is 2.32 bits per heavy atom. The van der Waals surface area contributed by atoms with Crippen molar-refractivity contribution < 1.29 is 19.5 Å². The van der Waals surface area contributed by atoms with Gasteiger partial charge < -0.3 is 20.7 Å². The average molecular weight is 310 g/mol. The molecule has 4 N–H and O–H groups in total. The Bertz CT molecular complexity index is 509. The molecule has 2 amide bonds. The summed E-state index contributed by atoms with van der Waals surface area (Å²) in [6, 6.07) is -0.920. The summed E-state index contributed by atoms with van der Waals surface area (Å²) in [6.45, 7) is 5.13. The predicted molar refractivity (Wildman–Crippen MR) is 78.9 cm³/mol. The number of aromatic amines is 1. The molecule has 22 heavy (non-hydrogen) atoms. The Morgan fingerprint density at radius 1 is 1.27 bits per heavy atom. The number of carbonyl (C=O) groups is 3. The van der Waals surface area contributed by atoms with E-state index in [2.05, 4.69) is 20.6 Å². The van der Waals surface area contributed by atoms with Crippen molar-refractivity contribution in [1.29, 1.82) is 0 Å². The highest BCUT2D eigenvalue weighted by atomic mass is 16.4. The van der Waals surface area contributed by atoms with Gasteiger partial charge in [-0.25, -0.2) is 4.98 Å². The SMILES string of the molecule is CC(=O)O.CC(C)C[C@H]1NC(=O)[C@H](Cc2cnc[nH]2)NC1=O. The largest absolute Gasteiger partial charge is 0.481 e. The molecule has 0 aromatic carbocycles. The summed E-state index contributed by atoms with van der Waals surface area (Å²) in [7, 11) is 0. The van der Waals surface area contributed by atoms with Gasteiger partial charge in [0.1, 0.15) is 12.1 Å². The number of aliphatic carboxylic acids is 1. The monoisotopic (exact) mass is 310 g/mol. The predicted octanol–water partition coefficient (Wildman–Crippen LogP) is 0.0724. The molecular formula is C14H22N4O4. The summed E-state index contributed by atoms with van der Waals surface area (Å²) in [4.78, 5) is 39.6. The third kappa shape index (κ3) is 5.94. The van der Waals surface area contributed by atoms with E-state index in [1.807, 2.05) is 13.8 Å². The van der Waals surface area contributed by atoms with Gasteiger partial charge in [0.15, 0.2) is 0 Å². The zero-order valence-electron chi connectivity index (χ0n) is 12.9. The topological polar surface area (TPSA) is 124 Å². The maximum atomic E-state index is 11.9. The molecule has 1 aromatic heterocycles. The Morgan fingerprint density at radius 2 is 1.82 bits per heavy atom. The number of hydrogen-bond acceptors (Lipinski definition) is 4. The Labute approximate surface area is 128 Å². The van der Waals surface area contributed by atoms with Crippen LogP contribution in [0.3, 0.4) is 0 Å². The van der Waals surface area contributed by atoms with E-state index in [-0.39, 0.29) is 11.8 Å². The Kier molecular flexibility index (Phi) is 6.55. The van der Waals surface area contributed by atoms with E-state index in [1.54, 1.807) is 12.5 Å². The number of carboxylic acids is 1. The van der Waals surface area contributed by atoms with Crippen LogP contribution in [-0.4, -0.2) is 44.9 Å². The molecule has 2 rings (SSSR count). The molecule has 2 heterocycles. The standard InChI is InChI=1S/C12H18N4O2.C2H4O2/c1-7(2)3-9-11(17)16-10(12(18)15-9)4-8-5-13-6-14-8;1-2(3)4/h5-7,9-10H,3-4H2,1-2H3,(H,13,14)(H,15,18)(H,16,17);1H3,(H,3,4)/t9-,10+;/m1./s1. The van der Waals surface area contributed by atoms with E-state index in [4.69, 9.17) is 9.90 Å². The molecule has 0 saturated carbocycles. The molecular weight excluding hydrogens is 288 g/mol. The van der Waals surface area contributed by atoms with Crippen LogP contribution in [0.25, 0.3) is 0 Å². The molecule has 1 aliphatic heterocycles. The lowest BCUT2D eigenvalue weighted by Crippen LogP contribution is -2.62. The third-order valence-electron chi connectivity index (χ3n) is 2.95. The minimum atomic E-state index is -0.833. The number of piperazine rings is 1. The number of nitrogens with one attached hydrogen (secondary N) is 3. The Hall–Kier alpha value is -2.38. The van der Waals surface area contributed by atoms with Gasteiger partial charge in [0.2, 0.25) is 11.8 Å². The van der Waals surface area contributed by atoms with Gasteiger partial charge in [-0.15, -0.1) is 0 Å². The number of nitrogens with zero attached hydrogens (tertiary/aromatic N) is 1. The molecule has 2 atom stereocenters. The van der Waals surface area contributed by atoms with Crippen LogP contribution in [0.5, 0.6) is 0 Å². The quantitative estimate of drug-likeness (QED) is 0.626. The van der Waals surface area contributed by atoms with Crippen LogP contribution in [-0.2, 0) is 20.8 Å². The van der Waals surface area contributed by atoms with Crippen LogP contribution in [0.15, 0.2) is 12.5 Å². The Balaban J connectivity index is 0.000000541. The highest BCUT2D eigenvalue weighted by molar-refractivity contribution is 5.97. The lowest BCUT2D eigenvalue weighted by Gasteiger charge is -2.30. The molecule has 8 nitrogen and oxygen atoms in total. The zero-order valence-corrected chi connectivity index (χ0v) is 12.9. The summed E-state index contributed by atoms with van der Waals surface area (Å²) in [6.07, 6.45) is 4.30. The fourth-order valence-corrected chi connectivity index (χ4v) is 2.07. The summed E-state index contributed by atoms with van der Waals surface area (Å²) < 4.78 is 0. The molecule has 0 spiro atoms. The number of aromatic nitrogens is 2. The van der Waals surface area contributed by atoms with E-state index < -0.39 is 18.1 Å². The second kappa shape index (κ2) is 8.16. The molecule has 1 aromatic rings. The molecule has 0 bridgehead atoms. The van der Waals surface area contributed by atoms with Crippen molar-refractivity contribution in [2.45, 2.75) is 45.7 Å². The number of H-pyrrole nitrogens is 1. The van der Waals surface area contributed by atoms with Crippen molar-refractivity contribution in [3.05, 3.63) is 18.2 Å². The van der Waals surface area contributed by atoms with Crippen LogP contribution in [0, 0.1) is 5.92 Å². The van der Waals surface area contributed by atoms with Crippen molar-refractivity contribution in [2.75, 3.05) is 0 Å². The normalized spacial score (nSPS) is 20.7. The minimum absolute atomic E-state index is 0.104. The average Bonchev–Trinajstić information content (AvgIpc) is 2.87. The van der Waals surface area contributed by atoms with Crippen molar-refractivity contribution in [1.82, 2.24) is 20.6 Å². The van der Waals surface area contributed by atoms with Crippen LogP contribution < -0.4 is 10.6 Å². The summed E-state index contributed by atoms with van der Waals surface area (Å²) in [5.74, 6) is -0.701. The number of hydrogen-bond donors (Lipinski definition) is 4. The highest BCUT2D eigenvalue weighted by Gasteiger charge is 2.33. The number of carbonyl (C=O) groups excluding carboxylic acids is 2. The molecule has 122 valence electrons. The van der Waals surface area contributed by atoms with Gasteiger partial charge in [-0.2, -0.15) is 0 Å². The number of carboxylic acid groups (broad SMARTS) is 1. The van der Waals surface area contributed by atoms with E-state index >= 15 is 0 Å². The third-order valence-corrected chi connectivity index (χ3v) is 2.95.